The summed E-state index contributed by atoms with van der Waals surface area (Å²) < 4.78 is 10.4. The fraction of sp³-hybridized carbons (Fsp3) is 0.300. The van der Waals surface area contributed by atoms with Crippen LogP contribution < -0.4 is 0 Å². The third-order valence-electron chi connectivity index (χ3n) is 3.75. The fourth-order valence-corrected chi connectivity index (χ4v) is 2.33. The van der Waals surface area contributed by atoms with E-state index in [-0.39, 0.29) is 35.9 Å². The molecule has 0 amide bonds. The van der Waals surface area contributed by atoms with E-state index in [1.807, 2.05) is 13.8 Å². The largest absolute Gasteiger partial charge is 0.462 e. The van der Waals surface area contributed by atoms with Gasteiger partial charge in [-0.3, -0.25) is 10.1 Å². The first-order chi connectivity index (χ1) is 12.8. The molecule has 0 N–H and O–H groups in total. The van der Waals surface area contributed by atoms with Crippen LogP contribution in [0, 0.1) is 23.0 Å². The highest BCUT2D eigenvalue weighted by atomic mass is 16.6. The van der Waals surface area contributed by atoms with Gasteiger partial charge in [0, 0.05) is 11.6 Å². The molecule has 0 aromatic heterocycles. The number of benzene rings is 2. The van der Waals surface area contributed by atoms with Gasteiger partial charge in [-0.25, -0.2) is 9.59 Å². The van der Waals surface area contributed by atoms with Gasteiger partial charge in [0.15, 0.2) is 0 Å². The monoisotopic (exact) mass is 371 g/mol. The van der Waals surface area contributed by atoms with Gasteiger partial charge in [-0.2, -0.15) is 0 Å². The van der Waals surface area contributed by atoms with Crippen molar-refractivity contribution in [1.29, 1.82) is 0 Å². The Morgan fingerprint density at radius 1 is 1.04 bits per heavy atom. The topological polar surface area (TPSA) is 95.7 Å². The van der Waals surface area contributed by atoms with Crippen molar-refractivity contribution in [3.8, 4) is 0 Å². The number of aryl methyl sites for hydroxylation is 1. The van der Waals surface area contributed by atoms with Gasteiger partial charge in [0.25, 0.3) is 5.69 Å². The van der Waals surface area contributed by atoms with E-state index in [1.165, 1.54) is 18.2 Å². The summed E-state index contributed by atoms with van der Waals surface area (Å²) in [6, 6.07) is 10.8. The van der Waals surface area contributed by atoms with Crippen molar-refractivity contribution < 1.29 is 24.0 Å². The van der Waals surface area contributed by atoms with Crippen molar-refractivity contribution in [1.82, 2.24) is 0 Å². The molecule has 0 bridgehead atoms. The lowest BCUT2D eigenvalue weighted by Crippen LogP contribution is -2.16. The average Bonchev–Trinajstić information content (AvgIpc) is 2.64. The quantitative estimate of drug-likeness (QED) is 0.413. The maximum Gasteiger partial charge on any atom is 0.339 e. The van der Waals surface area contributed by atoms with Gasteiger partial charge in [0.1, 0.15) is 6.61 Å². The van der Waals surface area contributed by atoms with Crippen molar-refractivity contribution >= 4 is 17.6 Å². The molecule has 0 aliphatic heterocycles. The van der Waals surface area contributed by atoms with Crippen LogP contribution in [0.4, 0.5) is 5.69 Å². The second-order valence-corrected chi connectivity index (χ2v) is 6.49. The molecule has 0 heterocycles. The maximum absolute atomic E-state index is 12.4. The summed E-state index contributed by atoms with van der Waals surface area (Å²) in [5.74, 6) is -1.12. The van der Waals surface area contributed by atoms with E-state index in [1.54, 1.807) is 31.2 Å². The van der Waals surface area contributed by atoms with Crippen LogP contribution in [0.3, 0.4) is 0 Å². The van der Waals surface area contributed by atoms with Crippen molar-refractivity contribution in [3.05, 3.63) is 74.8 Å². The minimum Gasteiger partial charge on any atom is -0.462 e. The predicted octanol–water partition coefficient (Wildman–Crippen LogP) is 4.07. The summed E-state index contributed by atoms with van der Waals surface area (Å²) in [6.45, 7) is 5.56. The Balaban J connectivity index is 2.12. The molecule has 0 unspecified atom stereocenters. The number of nitro groups is 1. The molecule has 0 atom stereocenters. The Labute approximate surface area is 157 Å². The molecule has 0 spiro atoms. The molecule has 2 aromatic rings. The summed E-state index contributed by atoms with van der Waals surface area (Å²) in [5.41, 5.74) is 1.18. The molecule has 0 aliphatic rings. The van der Waals surface area contributed by atoms with Gasteiger partial charge in [-0.1, -0.05) is 38.1 Å². The zero-order chi connectivity index (χ0) is 20.0. The molecule has 0 saturated heterocycles. The normalized spacial score (nSPS) is 10.5. The summed E-state index contributed by atoms with van der Waals surface area (Å²) >= 11 is 0. The number of nitro benzene ring substituents is 1. The maximum atomic E-state index is 12.4. The van der Waals surface area contributed by atoms with Crippen molar-refractivity contribution in [2.24, 2.45) is 5.92 Å². The van der Waals surface area contributed by atoms with E-state index in [0.717, 1.165) is 0 Å². The fourth-order valence-electron chi connectivity index (χ4n) is 2.33. The number of nitrogens with zero attached hydrogens (tertiary/aromatic N) is 1. The molecule has 7 nitrogen and oxygen atoms in total. The van der Waals surface area contributed by atoms with Gasteiger partial charge < -0.3 is 9.47 Å². The number of hydrogen-bond acceptors (Lipinski definition) is 6. The number of carbonyl (C=O) groups is 2. The molecule has 27 heavy (non-hydrogen) atoms. The molecular weight excluding hydrogens is 350 g/mol. The van der Waals surface area contributed by atoms with E-state index in [2.05, 4.69) is 0 Å². The van der Waals surface area contributed by atoms with Crippen LogP contribution >= 0.6 is 0 Å². The van der Waals surface area contributed by atoms with E-state index < -0.39 is 16.9 Å². The number of ether oxygens (including phenoxy) is 2. The lowest BCUT2D eigenvalue weighted by molar-refractivity contribution is -0.385. The van der Waals surface area contributed by atoms with Gasteiger partial charge in [0.05, 0.1) is 22.7 Å². The molecule has 142 valence electrons. The van der Waals surface area contributed by atoms with Gasteiger partial charge in [-0.05, 0) is 30.5 Å². The predicted molar refractivity (Wildman–Crippen MR) is 98.5 cm³/mol. The van der Waals surface area contributed by atoms with Gasteiger partial charge in [-0.15, -0.1) is 0 Å². The van der Waals surface area contributed by atoms with Gasteiger partial charge >= 0.3 is 11.9 Å². The Morgan fingerprint density at radius 3 is 2.19 bits per heavy atom. The van der Waals surface area contributed by atoms with Crippen molar-refractivity contribution in [3.63, 3.8) is 0 Å². The third kappa shape index (κ3) is 5.37. The zero-order valence-electron chi connectivity index (χ0n) is 15.4. The van der Waals surface area contributed by atoms with Crippen molar-refractivity contribution in [2.45, 2.75) is 27.4 Å². The Hall–Kier alpha value is -3.22. The first-order valence-electron chi connectivity index (χ1n) is 8.46. The molecule has 0 saturated carbocycles. The summed E-state index contributed by atoms with van der Waals surface area (Å²) in [4.78, 5) is 35.1. The lowest BCUT2D eigenvalue weighted by Gasteiger charge is -2.11. The van der Waals surface area contributed by atoms with E-state index in [4.69, 9.17) is 9.47 Å². The van der Waals surface area contributed by atoms with E-state index in [9.17, 15) is 19.7 Å². The van der Waals surface area contributed by atoms with Crippen LogP contribution in [0.1, 0.15) is 45.7 Å². The Kier molecular flexibility index (Phi) is 6.65. The Morgan fingerprint density at radius 2 is 1.63 bits per heavy atom. The molecule has 0 fully saturated rings. The van der Waals surface area contributed by atoms with Gasteiger partial charge in [0.2, 0.25) is 0 Å². The smallest absolute Gasteiger partial charge is 0.339 e. The minimum atomic E-state index is -0.699. The minimum absolute atomic E-state index is 0.0405. The van der Waals surface area contributed by atoms with Crippen LogP contribution in [0.15, 0.2) is 42.5 Å². The first-order valence-corrected chi connectivity index (χ1v) is 8.46. The van der Waals surface area contributed by atoms with E-state index in [0.29, 0.717) is 11.1 Å². The molecule has 7 heteroatoms. The lowest BCUT2D eigenvalue weighted by atomic mass is 10.1. The molecule has 0 aliphatic carbocycles. The second kappa shape index (κ2) is 8.93. The highest BCUT2D eigenvalue weighted by molar-refractivity contribution is 6.03. The van der Waals surface area contributed by atoms with Crippen LogP contribution in [0.2, 0.25) is 0 Å². The average molecular weight is 371 g/mol. The summed E-state index contributed by atoms with van der Waals surface area (Å²) in [5, 5.41) is 11.0. The highest BCUT2D eigenvalue weighted by Crippen LogP contribution is 2.20. The zero-order valence-corrected chi connectivity index (χ0v) is 15.4. The summed E-state index contributed by atoms with van der Waals surface area (Å²) in [7, 11) is 0. The van der Waals surface area contributed by atoms with Crippen LogP contribution in [0.25, 0.3) is 0 Å². The van der Waals surface area contributed by atoms with Crippen LogP contribution in [0.5, 0.6) is 0 Å². The van der Waals surface area contributed by atoms with Crippen LogP contribution in [-0.4, -0.2) is 23.5 Å². The summed E-state index contributed by atoms with van der Waals surface area (Å²) in [6.07, 6.45) is 0. The highest BCUT2D eigenvalue weighted by Gasteiger charge is 2.20. The molecular formula is C20H21NO6. The number of rotatable bonds is 7. The SMILES string of the molecule is Cc1ccc(COC(=O)c2ccccc2C(=O)OCC(C)C)cc1[N+](=O)[O-]. The molecule has 2 aromatic carbocycles. The number of esters is 2. The molecule has 0 radical (unpaired) electrons. The Bertz CT molecular complexity index is 859. The first kappa shape index (κ1) is 20.1. The number of carbonyl (C=O) groups excluding carboxylic acids is 2. The third-order valence-corrected chi connectivity index (χ3v) is 3.75. The molecule has 2 rings (SSSR count). The number of hydrogen-bond donors (Lipinski definition) is 0. The standard InChI is InChI=1S/C20H21NO6/c1-13(2)11-26-19(22)16-6-4-5-7-17(16)20(23)27-12-15-9-8-14(3)18(10-15)21(24)25/h4-10,13H,11-12H2,1-3H3. The van der Waals surface area contributed by atoms with Crippen molar-refractivity contribution in [2.75, 3.05) is 6.61 Å². The van der Waals surface area contributed by atoms with Crippen LogP contribution in [-0.2, 0) is 16.1 Å². The van der Waals surface area contributed by atoms with E-state index >= 15 is 0 Å². The second-order valence-electron chi connectivity index (χ2n) is 6.49.